The predicted octanol–water partition coefficient (Wildman–Crippen LogP) is 3.15. The summed E-state index contributed by atoms with van der Waals surface area (Å²) in [5.74, 6) is 1.78. The van der Waals surface area contributed by atoms with Gasteiger partial charge in [0.25, 0.3) is 0 Å². The molecule has 1 fully saturated rings. The van der Waals surface area contributed by atoms with Crippen LogP contribution in [0.3, 0.4) is 0 Å². The van der Waals surface area contributed by atoms with Gasteiger partial charge in [-0.2, -0.15) is 0 Å². The minimum Gasteiger partial charge on any atom is -0.300 e. The van der Waals surface area contributed by atoms with Crippen LogP contribution >= 0.6 is 0 Å². The average molecular weight is 183 g/mol. The van der Waals surface area contributed by atoms with Crippen molar-refractivity contribution < 1.29 is 0 Å². The standard InChI is InChI=1S/C12H25N/c1-9(2)12(11-7-6-8-11)13(5)10(3)4/h9-12H,6-8H2,1-5H3/t12-/m0/s1. The van der Waals surface area contributed by atoms with Crippen molar-refractivity contribution >= 4 is 0 Å². The number of hydrogen-bond donors (Lipinski definition) is 0. The lowest BCUT2D eigenvalue weighted by molar-refractivity contribution is 0.0612. The van der Waals surface area contributed by atoms with E-state index in [0.29, 0.717) is 6.04 Å². The summed E-state index contributed by atoms with van der Waals surface area (Å²) in [5.41, 5.74) is 0. The molecule has 0 spiro atoms. The fourth-order valence-electron chi connectivity index (χ4n) is 2.47. The zero-order valence-electron chi connectivity index (χ0n) is 9.88. The second kappa shape index (κ2) is 4.45. The Morgan fingerprint density at radius 3 is 1.85 bits per heavy atom. The average Bonchev–Trinajstić information content (AvgIpc) is 1.94. The third kappa shape index (κ3) is 2.46. The van der Waals surface area contributed by atoms with Crippen LogP contribution in [0.1, 0.15) is 47.0 Å². The van der Waals surface area contributed by atoms with E-state index in [1.54, 1.807) is 0 Å². The summed E-state index contributed by atoms with van der Waals surface area (Å²) < 4.78 is 0. The van der Waals surface area contributed by atoms with Crippen LogP contribution in [0.15, 0.2) is 0 Å². The molecule has 0 unspecified atom stereocenters. The van der Waals surface area contributed by atoms with E-state index < -0.39 is 0 Å². The van der Waals surface area contributed by atoms with Crippen LogP contribution in [0, 0.1) is 11.8 Å². The Balaban J connectivity index is 2.55. The molecule has 0 aliphatic heterocycles. The van der Waals surface area contributed by atoms with Crippen molar-refractivity contribution in [3.63, 3.8) is 0 Å². The van der Waals surface area contributed by atoms with Gasteiger partial charge in [0.2, 0.25) is 0 Å². The summed E-state index contributed by atoms with van der Waals surface area (Å²) in [6.07, 6.45) is 4.37. The van der Waals surface area contributed by atoms with Crippen molar-refractivity contribution in [3.8, 4) is 0 Å². The number of hydrogen-bond acceptors (Lipinski definition) is 1. The van der Waals surface area contributed by atoms with Gasteiger partial charge in [0.1, 0.15) is 0 Å². The van der Waals surface area contributed by atoms with E-state index >= 15 is 0 Å². The normalized spacial score (nSPS) is 21.2. The molecule has 0 aromatic rings. The Hall–Kier alpha value is -0.0400. The molecule has 1 heteroatoms. The minimum atomic E-state index is 0.688. The first-order valence-corrected chi connectivity index (χ1v) is 5.76. The molecule has 1 nitrogen and oxygen atoms in total. The number of nitrogens with zero attached hydrogens (tertiary/aromatic N) is 1. The Morgan fingerprint density at radius 1 is 1.08 bits per heavy atom. The van der Waals surface area contributed by atoms with Gasteiger partial charge in [-0.15, -0.1) is 0 Å². The van der Waals surface area contributed by atoms with Gasteiger partial charge in [0, 0.05) is 12.1 Å². The van der Waals surface area contributed by atoms with Gasteiger partial charge in [-0.25, -0.2) is 0 Å². The molecule has 13 heavy (non-hydrogen) atoms. The van der Waals surface area contributed by atoms with Crippen LogP contribution in [0.25, 0.3) is 0 Å². The molecular formula is C12H25N. The monoisotopic (exact) mass is 183 g/mol. The quantitative estimate of drug-likeness (QED) is 0.647. The molecule has 0 aromatic carbocycles. The first-order chi connectivity index (χ1) is 6.04. The maximum absolute atomic E-state index is 2.56. The molecule has 0 bridgehead atoms. The van der Waals surface area contributed by atoms with E-state index in [9.17, 15) is 0 Å². The summed E-state index contributed by atoms with van der Waals surface area (Å²) in [4.78, 5) is 2.56. The highest BCUT2D eigenvalue weighted by Gasteiger charge is 2.32. The third-order valence-corrected chi connectivity index (χ3v) is 3.60. The van der Waals surface area contributed by atoms with Crippen LogP contribution in [-0.2, 0) is 0 Å². The van der Waals surface area contributed by atoms with Gasteiger partial charge in [-0.1, -0.05) is 20.3 Å². The Kier molecular flexibility index (Phi) is 3.78. The maximum atomic E-state index is 2.56. The molecule has 1 atom stereocenters. The summed E-state index contributed by atoms with van der Waals surface area (Å²) in [7, 11) is 2.29. The van der Waals surface area contributed by atoms with E-state index in [2.05, 4.69) is 39.6 Å². The van der Waals surface area contributed by atoms with Gasteiger partial charge < -0.3 is 4.90 Å². The van der Waals surface area contributed by atoms with Crippen LogP contribution in [0.4, 0.5) is 0 Å². The van der Waals surface area contributed by atoms with Gasteiger partial charge >= 0.3 is 0 Å². The van der Waals surface area contributed by atoms with E-state index in [1.807, 2.05) is 0 Å². The topological polar surface area (TPSA) is 3.24 Å². The van der Waals surface area contributed by atoms with Crippen molar-refractivity contribution in [2.75, 3.05) is 7.05 Å². The highest BCUT2D eigenvalue weighted by atomic mass is 15.2. The van der Waals surface area contributed by atoms with E-state index in [4.69, 9.17) is 0 Å². The summed E-state index contributed by atoms with van der Waals surface area (Å²) >= 11 is 0. The van der Waals surface area contributed by atoms with Crippen LogP contribution in [-0.4, -0.2) is 24.0 Å². The van der Waals surface area contributed by atoms with Crippen LogP contribution < -0.4 is 0 Å². The molecule has 1 saturated carbocycles. The van der Waals surface area contributed by atoms with Gasteiger partial charge in [0.15, 0.2) is 0 Å². The highest BCUT2D eigenvalue weighted by molar-refractivity contribution is 4.86. The zero-order valence-corrected chi connectivity index (χ0v) is 9.88. The van der Waals surface area contributed by atoms with E-state index in [-0.39, 0.29) is 0 Å². The maximum Gasteiger partial charge on any atom is 0.0146 e. The highest BCUT2D eigenvalue weighted by Crippen LogP contribution is 2.35. The molecule has 1 aliphatic rings. The summed E-state index contributed by atoms with van der Waals surface area (Å²) in [6.45, 7) is 9.33. The van der Waals surface area contributed by atoms with Gasteiger partial charge in [-0.05, 0) is 45.6 Å². The van der Waals surface area contributed by atoms with E-state index in [0.717, 1.165) is 17.9 Å². The second-order valence-electron chi connectivity index (χ2n) is 5.18. The molecule has 0 radical (unpaired) electrons. The lowest BCUT2D eigenvalue weighted by Crippen LogP contribution is -2.47. The Labute approximate surface area is 83.5 Å². The molecule has 0 amide bonds. The fraction of sp³-hybridized carbons (Fsp3) is 1.00. The SMILES string of the molecule is CC(C)[C@@H](C1CCC1)N(C)C(C)C. The van der Waals surface area contributed by atoms with Crippen molar-refractivity contribution in [2.24, 2.45) is 11.8 Å². The molecule has 0 heterocycles. The largest absolute Gasteiger partial charge is 0.300 e. The molecule has 0 saturated heterocycles. The molecule has 0 N–H and O–H groups in total. The Bertz CT molecular complexity index is 147. The van der Waals surface area contributed by atoms with Crippen LogP contribution in [0.2, 0.25) is 0 Å². The molecular weight excluding hydrogens is 158 g/mol. The lowest BCUT2D eigenvalue weighted by atomic mass is 9.75. The smallest absolute Gasteiger partial charge is 0.0146 e. The molecule has 1 aliphatic carbocycles. The Morgan fingerprint density at radius 2 is 1.62 bits per heavy atom. The summed E-state index contributed by atoms with van der Waals surface area (Å²) in [5, 5.41) is 0. The first kappa shape index (κ1) is 11.0. The summed E-state index contributed by atoms with van der Waals surface area (Å²) in [6, 6.07) is 1.50. The van der Waals surface area contributed by atoms with E-state index in [1.165, 1.54) is 19.3 Å². The molecule has 0 aromatic heterocycles. The van der Waals surface area contributed by atoms with Crippen molar-refractivity contribution in [1.82, 2.24) is 4.90 Å². The molecule has 78 valence electrons. The predicted molar refractivity (Wildman–Crippen MR) is 58.9 cm³/mol. The third-order valence-electron chi connectivity index (χ3n) is 3.60. The van der Waals surface area contributed by atoms with Gasteiger partial charge in [-0.3, -0.25) is 0 Å². The lowest BCUT2D eigenvalue weighted by Gasteiger charge is -2.43. The zero-order chi connectivity index (χ0) is 10.0. The number of rotatable bonds is 4. The first-order valence-electron chi connectivity index (χ1n) is 5.76. The minimum absolute atomic E-state index is 0.688. The fourth-order valence-corrected chi connectivity index (χ4v) is 2.47. The van der Waals surface area contributed by atoms with Gasteiger partial charge in [0.05, 0.1) is 0 Å². The van der Waals surface area contributed by atoms with Crippen LogP contribution in [0.5, 0.6) is 0 Å². The second-order valence-corrected chi connectivity index (χ2v) is 5.18. The van der Waals surface area contributed by atoms with Crippen molar-refractivity contribution in [2.45, 2.75) is 59.0 Å². The van der Waals surface area contributed by atoms with Crippen molar-refractivity contribution in [3.05, 3.63) is 0 Å². The van der Waals surface area contributed by atoms with Crippen molar-refractivity contribution in [1.29, 1.82) is 0 Å². The molecule has 1 rings (SSSR count).